The van der Waals surface area contributed by atoms with Crippen LogP contribution in [-0.2, 0) is 24.9 Å². The smallest absolute Gasteiger partial charge is 0.162 e. The third kappa shape index (κ3) is 8.71. The molecule has 0 saturated carbocycles. The van der Waals surface area contributed by atoms with E-state index in [9.17, 15) is 9.90 Å². The number of carbonyl (C=O) groups is 1. The molecule has 0 fully saturated rings. The molecule has 0 bridgehead atoms. The molecule has 0 aliphatic carbocycles. The predicted molar refractivity (Wildman–Crippen MR) is 207 cm³/mol. The van der Waals surface area contributed by atoms with Gasteiger partial charge in [-0.05, 0) is 36.8 Å². The Labute approximate surface area is 306 Å². The molecule has 4 nitrogen and oxygen atoms in total. The third-order valence-electron chi connectivity index (χ3n) is 9.66. The van der Waals surface area contributed by atoms with Crippen molar-refractivity contribution in [2.24, 2.45) is 11.8 Å². The summed E-state index contributed by atoms with van der Waals surface area (Å²) in [5.74, 6) is 1.08. The monoisotopic (exact) mass is 858 g/mol. The van der Waals surface area contributed by atoms with Crippen LogP contribution in [0.15, 0.2) is 66.7 Å². The first-order valence-electron chi connectivity index (χ1n) is 17.6. The first-order chi connectivity index (χ1) is 22.5. The molecule has 1 radical (unpaired) electrons. The van der Waals surface area contributed by atoms with Crippen LogP contribution in [0.1, 0.15) is 91.5 Å². The molecule has 0 atom stereocenters. The first-order valence-corrected chi connectivity index (χ1v) is 21.9. The molecule has 2 heterocycles. The molecular weight excluding hydrogens is 805 g/mol. The SMILES string of the molecule is CCC(CC)C(=O)/C=C(\O)C(CC)CC.CCC(CC)c1cc(-c2ncnc3c2sc2c([Si](C)(C)C)cccc23)[c-]c2ccccc12.[Ir]. The van der Waals surface area contributed by atoms with Gasteiger partial charge in [0.25, 0.3) is 0 Å². The van der Waals surface area contributed by atoms with Gasteiger partial charge in [-0.25, -0.2) is 4.98 Å². The second-order valence-electron chi connectivity index (χ2n) is 13.6. The Balaban J connectivity index is 0.000000334. The van der Waals surface area contributed by atoms with Crippen molar-refractivity contribution >= 4 is 61.5 Å². The fourth-order valence-corrected chi connectivity index (χ4v) is 10.3. The molecular formula is C41H53IrN2O2SSi-. The fraction of sp³-hybridized carbons (Fsp3) is 0.439. The van der Waals surface area contributed by atoms with Crippen LogP contribution >= 0.6 is 11.3 Å². The van der Waals surface area contributed by atoms with Crippen molar-refractivity contribution in [3.63, 3.8) is 0 Å². The Kier molecular flexibility index (Phi) is 14.7. The minimum atomic E-state index is -1.47. The number of thiophene rings is 1. The molecule has 1 N–H and O–H groups in total. The molecule has 0 aliphatic rings. The van der Waals surface area contributed by atoms with Crippen LogP contribution in [-0.4, -0.2) is 28.9 Å². The Hall–Kier alpha value is -2.70. The molecule has 5 rings (SSSR count). The summed E-state index contributed by atoms with van der Waals surface area (Å²) in [7, 11) is -1.47. The maximum Gasteiger partial charge on any atom is 0.162 e. The summed E-state index contributed by atoms with van der Waals surface area (Å²) in [4.78, 5) is 21.2. The molecule has 48 heavy (non-hydrogen) atoms. The second-order valence-corrected chi connectivity index (χ2v) is 19.7. The molecule has 0 saturated heterocycles. The third-order valence-corrected chi connectivity index (χ3v) is 13.1. The summed E-state index contributed by atoms with van der Waals surface area (Å²) in [5, 5.41) is 15.0. The molecule has 259 valence electrons. The molecule has 5 aromatic rings. The fourth-order valence-electron chi connectivity index (χ4n) is 6.61. The van der Waals surface area contributed by atoms with Crippen LogP contribution in [0.2, 0.25) is 19.6 Å². The average molecular weight is 858 g/mol. The van der Waals surface area contributed by atoms with Gasteiger partial charge in [0.1, 0.15) is 6.33 Å². The first kappa shape index (κ1) is 39.7. The molecule has 7 heteroatoms. The molecule has 0 aliphatic heterocycles. The zero-order valence-corrected chi connectivity index (χ0v) is 34.5. The van der Waals surface area contributed by atoms with Crippen molar-refractivity contribution in [1.29, 1.82) is 0 Å². The van der Waals surface area contributed by atoms with E-state index in [1.165, 1.54) is 42.4 Å². The number of allylic oxidation sites excluding steroid dienone is 2. The van der Waals surface area contributed by atoms with E-state index in [1.54, 1.807) is 6.33 Å². The number of hydrogen-bond donors (Lipinski definition) is 1. The zero-order valence-electron chi connectivity index (χ0n) is 30.2. The minimum absolute atomic E-state index is 0. The summed E-state index contributed by atoms with van der Waals surface area (Å²) in [6, 6.07) is 21.4. The van der Waals surface area contributed by atoms with E-state index in [-0.39, 0.29) is 43.5 Å². The van der Waals surface area contributed by atoms with Crippen LogP contribution in [0.5, 0.6) is 0 Å². The van der Waals surface area contributed by atoms with Crippen molar-refractivity contribution in [2.45, 2.75) is 106 Å². The van der Waals surface area contributed by atoms with E-state index in [0.29, 0.717) is 5.92 Å². The number of aliphatic hydroxyl groups is 1. The van der Waals surface area contributed by atoms with Crippen LogP contribution < -0.4 is 5.19 Å². The van der Waals surface area contributed by atoms with Gasteiger partial charge in [0, 0.05) is 58.5 Å². The summed E-state index contributed by atoms with van der Waals surface area (Å²) in [6.07, 6.45) is 8.89. The molecule has 0 spiro atoms. The van der Waals surface area contributed by atoms with Gasteiger partial charge in [-0.15, -0.1) is 40.5 Å². The van der Waals surface area contributed by atoms with Gasteiger partial charge in [0.15, 0.2) is 5.78 Å². The van der Waals surface area contributed by atoms with Gasteiger partial charge < -0.3 is 5.11 Å². The van der Waals surface area contributed by atoms with E-state index in [2.05, 4.69) is 88.1 Å². The number of fused-ring (bicyclic) bond motifs is 4. The Morgan fingerprint density at radius 1 is 0.833 bits per heavy atom. The van der Waals surface area contributed by atoms with Crippen molar-refractivity contribution < 1.29 is 30.0 Å². The quantitative estimate of drug-likeness (QED) is 0.0588. The number of aromatic nitrogens is 2. The molecule has 0 amide bonds. The van der Waals surface area contributed by atoms with Crippen molar-refractivity contribution in [3.05, 3.63) is 78.3 Å². The maximum atomic E-state index is 11.7. The van der Waals surface area contributed by atoms with Gasteiger partial charge in [-0.3, -0.25) is 9.78 Å². The standard InChI is InChI=1S/C28H29N2SSi.C13H24O2.Ir/c1-6-18(7-2)23-16-20(15-19-11-8-9-12-21(19)23)25-28-26(30-17-29-25)22-13-10-14-24(27(22)31-28)32(3,4)5;1-5-10(6-2)12(14)9-13(15)11(7-3)8-4;/h8-14,16-18H,6-7H2,1-5H3;9-11,14H,5-8H2,1-4H3;/q-1;;/b;12-9-;. The summed E-state index contributed by atoms with van der Waals surface area (Å²) in [5.41, 5.74) is 4.57. The average Bonchev–Trinajstić information content (AvgIpc) is 3.45. The van der Waals surface area contributed by atoms with E-state index in [1.807, 2.05) is 39.0 Å². The van der Waals surface area contributed by atoms with E-state index in [0.717, 1.165) is 55.3 Å². The number of aliphatic hydroxyl groups excluding tert-OH is 1. The van der Waals surface area contributed by atoms with Crippen LogP contribution in [0.3, 0.4) is 0 Å². The number of carbonyl (C=O) groups excluding carboxylic acids is 1. The van der Waals surface area contributed by atoms with Crippen LogP contribution in [0.4, 0.5) is 0 Å². The number of rotatable bonds is 12. The Morgan fingerprint density at radius 3 is 2.06 bits per heavy atom. The summed E-state index contributed by atoms with van der Waals surface area (Å²) in [6.45, 7) is 19.9. The number of nitrogens with zero attached hydrogens (tertiary/aromatic N) is 2. The predicted octanol–water partition coefficient (Wildman–Crippen LogP) is 11.8. The van der Waals surface area contributed by atoms with Crippen molar-refractivity contribution in [2.75, 3.05) is 0 Å². The number of ketones is 1. The summed E-state index contributed by atoms with van der Waals surface area (Å²) < 4.78 is 2.56. The topological polar surface area (TPSA) is 63.1 Å². The molecule has 0 unspecified atom stereocenters. The van der Waals surface area contributed by atoms with Gasteiger partial charge in [-0.1, -0.05) is 121 Å². The zero-order chi connectivity index (χ0) is 34.3. The number of hydrogen-bond acceptors (Lipinski definition) is 5. The van der Waals surface area contributed by atoms with E-state index in [4.69, 9.17) is 9.97 Å². The normalized spacial score (nSPS) is 12.2. The largest absolute Gasteiger partial charge is 0.512 e. The minimum Gasteiger partial charge on any atom is -0.512 e. The van der Waals surface area contributed by atoms with Gasteiger partial charge >= 0.3 is 0 Å². The summed E-state index contributed by atoms with van der Waals surface area (Å²) >= 11 is 1.86. The van der Waals surface area contributed by atoms with Gasteiger partial charge in [0.2, 0.25) is 0 Å². The van der Waals surface area contributed by atoms with E-state index >= 15 is 0 Å². The Morgan fingerprint density at radius 2 is 1.46 bits per heavy atom. The van der Waals surface area contributed by atoms with Gasteiger partial charge in [0.05, 0.1) is 19.3 Å². The molecule has 2 aromatic heterocycles. The van der Waals surface area contributed by atoms with Gasteiger partial charge in [-0.2, -0.15) is 0 Å². The second kappa shape index (κ2) is 17.8. The van der Waals surface area contributed by atoms with Crippen LogP contribution in [0.25, 0.3) is 42.3 Å². The van der Waals surface area contributed by atoms with Crippen molar-refractivity contribution in [3.8, 4) is 11.3 Å². The maximum absolute atomic E-state index is 11.7. The van der Waals surface area contributed by atoms with Crippen LogP contribution in [0, 0.1) is 17.9 Å². The van der Waals surface area contributed by atoms with E-state index < -0.39 is 8.07 Å². The van der Waals surface area contributed by atoms with Crippen molar-refractivity contribution in [1.82, 2.24) is 9.97 Å². The molecule has 3 aromatic carbocycles. The Bertz CT molecular complexity index is 1850. The number of benzene rings is 3.